The molecule has 0 atom stereocenters. The largest absolute Gasteiger partial charge is 0.314 e. The lowest BCUT2D eigenvalue weighted by molar-refractivity contribution is -0.118. The van der Waals surface area contributed by atoms with E-state index in [1.54, 1.807) is 6.20 Å². The molecule has 1 aromatic heterocycles. The van der Waals surface area contributed by atoms with Gasteiger partial charge in [-0.15, -0.1) is 0 Å². The van der Waals surface area contributed by atoms with Crippen LogP contribution in [0, 0.1) is 0 Å². The van der Waals surface area contributed by atoms with E-state index in [1.165, 1.54) is 0 Å². The van der Waals surface area contributed by atoms with Gasteiger partial charge in [0.1, 0.15) is 5.78 Å². The van der Waals surface area contributed by atoms with Gasteiger partial charge in [-0.3, -0.25) is 9.78 Å². The molecule has 2 aromatic rings. The third kappa shape index (κ3) is 3.86. The van der Waals surface area contributed by atoms with Crippen molar-refractivity contribution in [2.45, 2.75) is 32.7 Å². The Labute approximate surface area is 114 Å². The molecule has 100 valence electrons. The van der Waals surface area contributed by atoms with E-state index in [0.717, 1.165) is 23.0 Å². The van der Waals surface area contributed by atoms with Crippen molar-refractivity contribution >= 4 is 16.7 Å². The molecule has 3 nitrogen and oxygen atoms in total. The molecular formula is C16H20N2O. The van der Waals surface area contributed by atoms with E-state index in [0.29, 0.717) is 18.9 Å². The quantitative estimate of drug-likeness (QED) is 0.864. The highest BCUT2D eigenvalue weighted by Gasteiger charge is 2.07. The molecule has 0 aliphatic carbocycles. The van der Waals surface area contributed by atoms with Gasteiger partial charge in [0.2, 0.25) is 0 Å². The number of nitrogens with one attached hydrogen (secondary N) is 1. The van der Waals surface area contributed by atoms with Crippen molar-refractivity contribution in [1.29, 1.82) is 0 Å². The van der Waals surface area contributed by atoms with Crippen LogP contribution in [0.4, 0.5) is 0 Å². The van der Waals surface area contributed by atoms with Crippen LogP contribution in [-0.2, 0) is 11.2 Å². The van der Waals surface area contributed by atoms with E-state index >= 15 is 0 Å². The predicted octanol–water partition coefficient (Wildman–Crippen LogP) is 2.73. The minimum atomic E-state index is 0.268. The molecule has 0 spiro atoms. The molecule has 0 fully saturated rings. The van der Waals surface area contributed by atoms with Crippen molar-refractivity contribution < 1.29 is 4.79 Å². The summed E-state index contributed by atoms with van der Waals surface area (Å²) >= 11 is 0. The second kappa shape index (κ2) is 6.43. The lowest BCUT2D eigenvalue weighted by Crippen LogP contribution is -2.25. The first kappa shape index (κ1) is 13.7. The number of carbonyl (C=O) groups excluding carboxylic acids is 1. The van der Waals surface area contributed by atoms with Gasteiger partial charge >= 0.3 is 0 Å². The summed E-state index contributed by atoms with van der Waals surface area (Å²) in [6, 6.07) is 10.3. The Balaban J connectivity index is 2.03. The number of benzene rings is 1. The van der Waals surface area contributed by atoms with E-state index in [-0.39, 0.29) is 5.78 Å². The van der Waals surface area contributed by atoms with Crippen LogP contribution in [0.15, 0.2) is 36.5 Å². The first-order valence-electron chi connectivity index (χ1n) is 6.74. The van der Waals surface area contributed by atoms with Crippen molar-refractivity contribution in [3.05, 3.63) is 42.1 Å². The fraction of sp³-hybridized carbons (Fsp3) is 0.375. The third-order valence-corrected chi connectivity index (χ3v) is 3.08. The van der Waals surface area contributed by atoms with Crippen LogP contribution in [0.25, 0.3) is 10.9 Å². The number of fused-ring (bicyclic) bond motifs is 1. The predicted molar refractivity (Wildman–Crippen MR) is 78.2 cm³/mol. The van der Waals surface area contributed by atoms with Gasteiger partial charge < -0.3 is 5.32 Å². The van der Waals surface area contributed by atoms with E-state index in [2.05, 4.69) is 24.1 Å². The Morgan fingerprint density at radius 1 is 1.26 bits per heavy atom. The number of Topliss-reactive ketones (excluding diaryl/α,β-unsaturated/α-hetero) is 1. The molecule has 0 aliphatic heterocycles. The van der Waals surface area contributed by atoms with Crippen molar-refractivity contribution in [3.63, 3.8) is 0 Å². The summed E-state index contributed by atoms with van der Waals surface area (Å²) in [6.07, 6.45) is 2.84. The fourth-order valence-electron chi connectivity index (χ4n) is 2.11. The number of hydrogen-bond acceptors (Lipinski definition) is 3. The summed E-state index contributed by atoms with van der Waals surface area (Å²) in [4.78, 5) is 16.3. The number of para-hydroxylation sites is 1. The minimum Gasteiger partial charge on any atom is -0.314 e. The molecule has 1 aromatic carbocycles. The van der Waals surface area contributed by atoms with E-state index in [4.69, 9.17) is 0 Å². The van der Waals surface area contributed by atoms with Gasteiger partial charge in [0.05, 0.1) is 5.52 Å². The van der Waals surface area contributed by atoms with Gasteiger partial charge in [0, 0.05) is 37.0 Å². The summed E-state index contributed by atoms with van der Waals surface area (Å²) in [6.45, 7) is 4.92. The average Bonchev–Trinajstić information content (AvgIpc) is 2.39. The normalized spacial score (nSPS) is 11.1. The molecule has 0 saturated carbocycles. The highest BCUT2D eigenvalue weighted by molar-refractivity contribution is 5.88. The second-order valence-corrected chi connectivity index (χ2v) is 5.06. The number of hydrogen-bond donors (Lipinski definition) is 1. The van der Waals surface area contributed by atoms with Gasteiger partial charge in [-0.05, 0) is 17.7 Å². The molecule has 0 unspecified atom stereocenters. The van der Waals surface area contributed by atoms with Crippen molar-refractivity contribution in [1.82, 2.24) is 10.3 Å². The summed E-state index contributed by atoms with van der Waals surface area (Å²) in [5.41, 5.74) is 2.02. The van der Waals surface area contributed by atoms with E-state index in [9.17, 15) is 4.79 Å². The number of carbonyl (C=O) groups is 1. The van der Waals surface area contributed by atoms with E-state index in [1.807, 2.05) is 30.3 Å². The Morgan fingerprint density at radius 3 is 2.84 bits per heavy atom. The van der Waals surface area contributed by atoms with Crippen LogP contribution in [0.1, 0.15) is 25.8 Å². The first-order valence-corrected chi connectivity index (χ1v) is 6.74. The molecule has 2 rings (SSSR count). The van der Waals surface area contributed by atoms with Crippen molar-refractivity contribution in [3.8, 4) is 0 Å². The zero-order valence-corrected chi connectivity index (χ0v) is 11.5. The zero-order chi connectivity index (χ0) is 13.7. The monoisotopic (exact) mass is 256 g/mol. The highest BCUT2D eigenvalue weighted by Crippen LogP contribution is 2.17. The molecule has 1 heterocycles. The zero-order valence-electron chi connectivity index (χ0n) is 11.5. The topological polar surface area (TPSA) is 42.0 Å². The second-order valence-electron chi connectivity index (χ2n) is 5.06. The SMILES string of the molecule is CC(C)NCCC(=O)Cc1ccnc2ccccc12. The van der Waals surface area contributed by atoms with Crippen LogP contribution in [0.2, 0.25) is 0 Å². The maximum atomic E-state index is 12.0. The smallest absolute Gasteiger partial charge is 0.138 e. The summed E-state index contributed by atoms with van der Waals surface area (Å²) in [7, 11) is 0. The van der Waals surface area contributed by atoms with Crippen LogP contribution >= 0.6 is 0 Å². The lowest BCUT2D eigenvalue weighted by atomic mass is 10.0. The number of aromatic nitrogens is 1. The Kier molecular flexibility index (Phi) is 4.63. The molecule has 0 amide bonds. The van der Waals surface area contributed by atoms with Gasteiger partial charge in [-0.1, -0.05) is 32.0 Å². The number of rotatable bonds is 6. The summed E-state index contributed by atoms with van der Waals surface area (Å²) in [5.74, 6) is 0.268. The van der Waals surface area contributed by atoms with Crippen molar-refractivity contribution in [2.24, 2.45) is 0 Å². The van der Waals surface area contributed by atoms with Crippen LogP contribution in [0.5, 0.6) is 0 Å². The maximum absolute atomic E-state index is 12.0. The summed E-state index contributed by atoms with van der Waals surface area (Å²) in [5, 5.41) is 4.35. The molecule has 3 heteroatoms. The van der Waals surface area contributed by atoms with Crippen LogP contribution in [-0.4, -0.2) is 23.4 Å². The third-order valence-electron chi connectivity index (χ3n) is 3.08. The molecular weight excluding hydrogens is 236 g/mol. The molecule has 19 heavy (non-hydrogen) atoms. The Bertz CT molecular complexity index is 558. The van der Waals surface area contributed by atoms with Gasteiger partial charge in [-0.2, -0.15) is 0 Å². The van der Waals surface area contributed by atoms with Crippen molar-refractivity contribution in [2.75, 3.05) is 6.54 Å². The maximum Gasteiger partial charge on any atom is 0.138 e. The fourth-order valence-corrected chi connectivity index (χ4v) is 2.11. The van der Waals surface area contributed by atoms with Crippen LogP contribution < -0.4 is 5.32 Å². The first-order chi connectivity index (χ1) is 9.16. The highest BCUT2D eigenvalue weighted by atomic mass is 16.1. The average molecular weight is 256 g/mol. The number of ketones is 1. The number of pyridine rings is 1. The van der Waals surface area contributed by atoms with Gasteiger partial charge in [-0.25, -0.2) is 0 Å². The Hall–Kier alpha value is -1.74. The molecule has 0 aliphatic rings. The molecule has 1 N–H and O–H groups in total. The van der Waals surface area contributed by atoms with Gasteiger partial charge in [0.15, 0.2) is 0 Å². The Morgan fingerprint density at radius 2 is 2.05 bits per heavy atom. The lowest BCUT2D eigenvalue weighted by Gasteiger charge is -2.08. The molecule has 0 bridgehead atoms. The number of nitrogens with zero attached hydrogens (tertiary/aromatic N) is 1. The molecule has 0 saturated heterocycles. The molecule has 0 radical (unpaired) electrons. The minimum absolute atomic E-state index is 0.268. The van der Waals surface area contributed by atoms with Gasteiger partial charge in [0.25, 0.3) is 0 Å². The summed E-state index contributed by atoms with van der Waals surface area (Å²) < 4.78 is 0. The standard InChI is InChI=1S/C16H20N2O/c1-12(2)17-10-8-14(19)11-13-7-9-18-16-6-4-3-5-15(13)16/h3-7,9,12,17H,8,10-11H2,1-2H3. The van der Waals surface area contributed by atoms with E-state index < -0.39 is 0 Å². The van der Waals surface area contributed by atoms with Crippen LogP contribution in [0.3, 0.4) is 0 Å².